The molecule has 2 aromatic rings. The number of benzene rings is 2. The minimum atomic E-state index is -1.30. The van der Waals surface area contributed by atoms with Crippen LogP contribution in [0.25, 0.3) is 5.57 Å². The number of allylic oxidation sites excluding steroid dienone is 1. The van der Waals surface area contributed by atoms with Gasteiger partial charge in [0.15, 0.2) is 11.9 Å². The zero-order valence-corrected chi connectivity index (χ0v) is 44.2. The van der Waals surface area contributed by atoms with Gasteiger partial charge < -0.3 is 71.6 Å². The van der Waals surface area contributed by atoms with E-state index in [9.17, 15) is 33.6 Å². The van der Waals surface area contributed by atoms with Gasteiger partial charge in [0, 0.05) is 31.8 Å². The molecule has 2 rings (SSSR count). The van der Waals surface area contributed by atoms with E-state index in [0.29, 0.717) is 50.9 Å². The van der Waals surface area contributed by atoms with Gasteiger partial charge in [-0.05, 0) is 120 Å². The molecule has 0 fully saturated rings. The van der Waals surface area contributed by atoms with Crippen LogP contribution in [0.1, 0.15) is 109 Å². The van der Waals surface area contributed by atoms with Crippen LogP contribution in [-0.2, 0) is 40.0 Å². The summed E-state index contributed by atoms with van der Waals surface area (Å²) in [6.07, 6.45) is 4.55. The van der Waals surface area contributed by atoms with Crippen molar-refractivity contribution < 1.29 is 33.6 Å². The fourth-order valence-corrected chi connectivity index (χ4v) is 8.02. The van der Waals surface area contributed by atoms with Gasteiger partial charge in [-0.3, -0.25) is 43.5 Å². The fourth-order valence-electron chi connectivity index (χ4n) is 8.02. The van der Waals surface area contributed by atoms with Crippen molar-refractivity contribution in [1.82, 2.24) is 37.2 Å². The van der Waals surface area contributed by atoms with Crippen LogP contribution in [0.15, 0.2) is 70.7 Å². The number of guanidine groups is 2. The van der Waals surface area contributed by atoms with Crippen molar-refractivity contribution in [2.24, 2.45) is 56.2 Å². The molecule has 22 heteroatoms. The van der Waals surface area contributed by atoms with Crippen LogP contribution in [-0.4, -0.2) is 123 Å². The predicted octanol–water partition coefficient (Wildman–Crippen LogP) is -0.0469. The third-order valence-corrected chi connectivity index (χ3v) is 12.2. The fraction of sp³-hybridized carbons (Fsp3) is 0.558. The molecule has 0 aliphatic rings. The molecule has 0 aromatic heterocycles. The summed E-state index contributed by atoms with van der Waals surface area (Å²) in [6, 6.07) is 9.54. The number of carbonyl (C=O) groups is 7. The van der Waals surface area contributed by atoms with Crippen molar-refractivity contribution in [3.63, 3.8) is 0 Å². The average Bonchev–Trinajstić information content (AvgIpc) is 3.35. The van der Waals surface area contributed by atoms with E-state index in [1.807, 2.05) is 64.1 Å². The molecule has 0 radical (unpaired) electrons. The highest BCUT2D eigenvalue weighted by Gasteiger charge is 2.34. The van der Waals surface area contributed by atoms with Crippen LogP contribution in [0.5, 0.6) is 0 Å². The highest BCUT2D eigenvalue weighted by atomic mass is 16.2. The standard InChI is InChI=1S/C52H85N15O7/c1-7-36(37-21-12-11-17-33(37)4)31-43(50(74)64-40(24-28-59-6)48(72)65-41(44(54)68)30-35-19-9-8-10-20-35)67-47(71)38(22-13-14-25-53)62-46(70)39(23-16-27-61-52(57)58)63-49(73)42(29-32(2)3)66-45(69)34(5)18-15-26-60-51(55)56/h7-12,17,19-21,32,34,38-43,59H,13-16,18,22-31,53H2,1-6H3,(H2,54,68)(H,62,70)(H,63,73)(H,64,74)(H,65,72)(H,66,69)(H,67,71)(H4,55,56,60)(H4,57,58,61)/b36-7-/t34-,38?,39-,40?,41-,42?,43-/m0/s1. The summed E-state index contributed by atoms with van der Waals surface area (Å²) in [5, 5.41) is 19.9. The van der Waals surface area contributed by atoms with Crippen molar-refractivity contribution in [3.05, 3.63) is 77.4 Å². The maximum Gasteiger partial charge on any atom is 0.243 e. The first kappa shape index (κ1) is 63.0. The third-order valence-electron chi connectivity index (χ3n) is 12.2. The Morgan fingerprint density at radius 2 is 1.04 bits per heavy atom. The van der Waals surface area contributed by atoms with E-state index < -0.39 is 77.6 Å². The van der Waals surface area contributed by atoms with Gasteiger partial charge in [-0.2, -0.15) is 0 Å². The van der Waals surface area contributed by atoms with E-state index in [2.05, 4.69) is 47.2 Å². The zero-order valence-electron chi connectivity index (χ0n) is 44.2. The Balaban J connectivity index is 2.55. The Morgan fingerprint density at radius 1 is 0.568 bits per heavy atom. The summed E-state index contributed by atoms with van der Waals surface area (Å²) in [5.74, 6) is -5.27. The van der Waals surface area contributed by atoms with Crippen LogP contribution in [0.2, 0.25) is 0 Å². The van der Waals surface area contributed by atoms with Crippen LogP contribution in [0.4, 0.5) is 0 Å². The SMILES string of the molecule is C/C=C(/C[C@H](NC(=O)C(CCCCN)NC(=O)[C@H](CCCN=C(N)N)NC(=O)C(CC(C)C)NC(=O)[C@@H](C)CCCN=C(N)N)C(=O)NC(CCNC)C(=O)N[C@@H](Cc1ccccc1)C(N)=O)c1ccccc1C. The number of hydrogen-bond donors (Lipinski definition) is 13. The lowest BCUT2D eigenvalue weighted by Crippen LogP contribution is -2.60. The first-order valence-corrected chi connectivity index (χ1v) is 25.5. The molecular formula is C52H85N15O7. The number of hydrogen-bond acceptors (Lipinski definition) is 11. The van der Waals surface area contributed by atoms with Gasteiger partial charge in [0.1, 0.15) is 36.3 Å². The second-order valence-electron chi connectivity index (χ2n) is 18.9. The predicted molar refractivity (Wildman–Crippen MR) is 290 cm³/mol. The van der Waals surface area contributed by atoms with E-state index in [1.54, 1.807) is 38.2 Å². The van der Waals surface area contributed by atoms with Gasteiger partial charge in [0.25, 0.3) is 0 Å². The first-order valence-electron chi connectivity index (χ1n) is 25.5. The summed E-state index contributed by atoms with van der Waals surface area (Å²) in [7, 11) is 1.69. The Labute approximate surface area is 436 Å². The van der Waals surface area contributed by atoms with Gasteiger partial charge in [-0.1, -0.05) is 81.4 Å². The highest BCUT2D eigenvalue weighted by Crippen LogP contribution is 2.24. The number of primary amides is 1. The van der Waals surface area contributed by atoms with Gasteiger partial charge in [-0.25, -0.2) is 0 Å². The smallest absolute Gasteiger partial charge is 0.243 e. The maximum absolute atomic E-state index is 14.7. The number of unbranched alkanes of at least 4 members (excludes halogenated alkanes) is 1. The minimum absolute atomic E-state index is 0.0258. The Bertz CT molecular complexity index is 2200. The second-order valence-corrected chi connectivity index (χ2v) is 18.9. The Kier molecular flexibility index (Phi) is 29.3. The quantitative estimate of drug-likeness (QED) is 0.0245. The molecule has 410 valence electrons. The number of nitrogens with two attached hydrogens (primary N) is 6. The number of carbonyl (C=O) groups excluding carboxylic acids is 7. The highest BCUT2D eigenvalue weighted by molar-refractivity contribution is 5.98. The molecule has 0 saturated heterocycles. The van der Waals surface area contributed by atoms with Gasteiger partial charge in [-0.15, -0.1) is 0 Å². The second kappa shape index (κ2) is 34.4. The number of aryl methyl sites for hydroxylation is 1. The van der Waals surface area contributed by atoms with Gasteiger partial charge >= 0.3 is 0 Å². The van der Waals surface area contributed by atoms with Crippen LogP contribution < -0.4 is 71.6 Å². The van der Waals surface area contributed by atoms with E-state index in [4.69, 9.17) is 34.4 Å². The minimum Gasteiger partial charge on any atom is -0.370 e. The lowest BCUT2D eigenvalue weighted by atomic mass is 9.94. The normalized spacial score (nSPS) is 14.1. The largest absolute Gasteiger partial charge is 0.370 e. The lowest BCUT2D eigenvalue weighted by Gasteiger charge is -2.28. The van der Waals surface area contributed by atoms with Crippen molar-refractivity contribution >= 4 is 58.8 Å². The monoisotopic (exact) mass is 1030 g/mol. The molecule has 2 aromatic carbocycles. The molecule has 7 amide bonds. The summed E-state index contributed by atoms with van der Waals surface area (Å²) in [6.45, 7) is 10.3. The molecule has 0 heterocycles. The van der Waals surface area contributed by atoms with E-state index in [0.717, 1.165) is 16.7 Å². The Morgan fingerprint density at radius 3 is 1.55 bits per heavy atom. The zero-order chi connectivity index (χ0) is 55.2. The molecule has 74 heavy (non-hydrogen) atoms. The summed E-state index contributed by atoms with van der Waals surface area (Å²) in [4.78, 5) is 106. The van der Waals surface area contributed by atoms with E-state index >= 15 is 0 Å². The molecule has 0 saturated carbocycles. The molecule has 0 aliphatic heterocycles. The molecule has 19 N–H and O–H groups in total. The number of nitrogens with one attached hydrogen (secondary N) is 7. The molecule has 7 atom stereocenters. The number of rotatable bonds is 35. The molecule has 0 spiro atoms. The Hall–Kier alpha value is -7.07. The van der Waals surface area contributed by atoms with Crippen molar-refractivity contribution in [2.75, 3.05) is 33.2 Å². The third kappa shape index (κ3) is 24.1. The average molecular weight is 1030 g/mol. The van der Waals surface area contributed by atoms with Crippen molar-refractivity contribution in [2.45, 2.75) is 141 Å². The lowest BCUT2D eigenvalue weighted by molar-refractivity contribution is -0.135. The maximum atomic E-state index is 14.7. The topological polar surface area (TPSA) is 385 Å². The van der Waals surface area contributed by atoms with Crippen molar-refractivity contribution in [1.29, 1.82) is 0 Å². The van der Waals surface area contributed by atoms with Crippen LogP contribution in [0.3, 0.4) is 0 Å². The van der Waals surface area contributed by atoms with Gasteiger partial charge in [0.2, 0.25) is 41.4 Å². The van der Waals surface area contributed by atoms with E-state index in [-0.39, 0.29) is 75.2 Å². The first-order chi connectivity index (χ1) is 35.2. The molecular weight excluding hydrogens is 947 g/mol. The number of amides is 7. The van der Waals surface area contributed by atoms with Crippen LogP contribution >= 0.6 is 0 Å². The molecule has 0 aliphatic carbocycles. The number of aliphatic imine (C=N–C) groups is 2. The molecule has 0 bridgehead atoms. The van der Waals surface area contributed by atoms with Crippen LogP contribution in [0, 0.1) is 18.8 Å². The molecule has 3 unspecified atom stereocenters. The summed E-state index contributed by atoms with van der Waals surface area (Å²) in [5.41, 5.74) is 36.8. The van der Waals surface area contributed by atoms with E-state index in [1.165, 1.54) is 0 Å². The summed E-state index contributed by atoms with van der Waals surface area (Å²) >= 11 is 0. The molecule has 22 nitrogen and oxygen atoms in total. The number of nitrogens with zero attached hydrogens (tertiary/aromatic N) is 2. The van der Waals surface area contributed by atoms with Gasteiger partial charge in [0.05, 0.1) is 0 Å². The van der Waals surface area contributed by atoms with Crippen molar-refractivity contribution in [3.8, 4) is 0 Å². The summed E-state index contributed by atoms with van der Waals surface area (Å²) < 4.78 is 0.